The van der Waals surface area contributed by atoms with Crippen LogP contribution in [0.15, 0.2) is 30.5 Å². The summed E-state index contributed by atoms with van der Waals surface area (Å²) < 4.78 is 5.30. The third-order valence-electron chi connectivity index (χ3n) is 1.80. The highest BCUT2D eigenvalue weighted by atomic mass is 16.5. The van der Waals surface area contributed by atoms with Crippen molar-refractivity contribution in [2.75, 3.05) is 0 Å². The maximum atomic E-state index is 5.30. The highest BCUT2D eigenvalue weighted by Gasteiger charge is 2.01. The maximum absolute atomic E-state index is 5.30. The second kappa shape index (κ2) is 2.89. The molecular formula is C10H10NO. The summed E-state index contributed by atoms with van der Waals surface area (Å²) in [5.41, 5.74) is 1.11. The van der Waals surface area contributed by atoms with Crippen LogP contribution in [-0.2, 0) is 0 Å². The van der Waals surface area contributed by atoms with E-state index in [4.69, 9.17) is 4.74 Å². The van der Waals surface area contributed by atoms with Gasteiger partial charge in [-0.3, -0.25) is 0 Å². The second-order valence-electron chi connectivity index (χ2n) is 2.55. The number of para-hydroxylation sites is 1. The van der Waals surface area contributed by atoms with Gasteiger partial charge in [0, 0.05) is 17.1 Å². The molecule has 0 unspecified atom stereocenters. The standard InChI is InChI=1S/C10H10NO/c1-2-12-10-7-11-9-6-4-3-5-8(9)10/h2-7,11H,1H3. The molecule has 0 amide bonds. The first-order valence-electron chi connectivity index (χ1n) is 3.92. The number of fused-ring (bicyclic) bond motifs is 1. The van der Waals surface area contributed by atoms with E-state index in [0.717, 1.165) is 16.7 Å². The summed E-state index contributed by atoms with van der Waals surface area (Å²) in [5, 5.41) is 1.12. The predicted octanol–water partition coefficient (Wildman–Crippen LogP) is 2.73. The van der Waals surface area contributed by atoms with Crippen molar-refractivity contribution in [3.63, 3.8) is 0 Å². The quantitative estimate of drug-likeness (QED) is 0.717. The summed E-state index contributed by atoms with van der Waals surface area (Å²) in [6.45, 7) is 3.54. The van der Waals surface area contributed by atoms with Gasteiger partial charge in [-0.1, -0.05) is 12.1 Å². The van der Waals surface area contributed by atoms with E-state index < -0.39 is 0 Å². The van der Waals surface area contributed by atoms with Gasteiger partial charge in [-0.05, 0) is 19.1 Å². The first-order chi connectivity index (χ1) is 5.92. The van der Waals surface area contributed by atoms with Crippen LogP contribution in [0, 0.1) is 6.61 Å². The van der Waals surface area contributed by atoms with Crippen molar-refractivity contribution < 1.29 is 4.74 Å². The fourth-order valence-corrected chi connectivity index (χ4v) is 1.27. The molecule has 0 saturated carbocycles. The fourth-order valence-electron chi connectivity index (χ4n) is 1.27. The summed E-state index contributed by atoms with van der Waals surface area (Å²) >= 11 is 0. The zero-order valence-electron chi connectivity index (χ0n) is 6.87. The summed E-state index contributed by atoms with van der Waals surface area (Å²) in [6, 6.07) is 8.06. The fraction of sp³-hybridized carbons (Fsp3) is 0.100. The molecule has 0 spiro atoms. The molecule has 1 N–H and O–H groups in total. The Bertz CT molecular complexity index is 378. The van der Waals surface area contributed by atoms with Crippen LogP contribution in [0.25, 0.3) is 10.9 Å². The van der Waals surface area contributed by atoms with Crippen molar-refractivity contribution in [1.29, 1.82) is 0 Å². The molecule has 1 radical (unpaired) electrons. The van der Waals surface area contributed by atoms with E-state index in [9.17, 15) is 0 Å². The molecule has 2 rings (SSSR count). The maximum Gasteiger partial charge on any atom is 0.145 e. The Morgan fingerprint density at radius 2 is 2.17 bits per heavy atom. The van der Waals surface area contributed by atoms with E-state index in [1.807, 2.05) is 37.4 Å². The van der Waals surface area contributed by atoms with Gasteiger partial charge in [0.25, 0.3) is 0 Å². The van der Waals surface area contributed by atoms with Crippen LogP contribution in [0.4, 0.5) is 0 Å². The number of aromatic nitrogens is 1. The van der Waals surface area contributed by atoms with E-state index in [1.165, 1.54) is 0 Å². The third kappa shape index (κ3) is 1.05. The number of nitrogens with one attached hydrogen (secondary N) is 1. The minimum Gasteiger partial charge on any atom is -0.485 e. The molecule has 61 valence electrons. The van der Waals surface area contributed by atoms with Gasteiger partial charge in [0.15, 0.2) is 0 Å². The van der Waals surface area contributed by atoms with Crippen molar-refractivity contribution in [3.05, 3.63) is 37.1 Å². The molecule has 2 aromatic rings. The van der Waals surface area contributed by atoms with Gasteiger partial charge in [0.2, 0.25) is 0 Å². The number of aromatic amines is 1. The Kier molecular flexibility index (Phi) is 1.74. The molecular weight excluding hydrogens is 150 g/mol. The molecule has 1 aromatic carbocycles. The lowest BCUT2D eigenvalue weighted by molar-refractivity contribution is 0.421. The van der Waals surface area contributed by atoms with Gasteiger partial charge in [-0.2, -0.15) is 0 Å². The van der Waals surface area contributed by atoms with E-state index >= 15 is 0 Å². The number of ether oxygens (including phenoxy) is 1. The number of hydrogen-bond acceptors (Lipinski definition) is 1. The monoisotopic (exact) mass is 160 g/mol. The van der Waals surface area contributed by atoms with Crippen LogP contribution >= 0.6 is 0 Å². The zero-order chi connectivity index (χ0) is 8.39. The van der Waals surface area contributed by atoms with E-state index in [2.05, 4.69) is 4.98 Å². The van der Waals surface area contributed by atoms with Crippen molar-refractivity contribution >= 4 is 10.9 Å². The first kappa shape index (κ1) is 7.22. The molecule has 0 saturated heterocycles. The van der Waals surface area contributed by atoms with Crippen molar-refractivity contribution in [2.24, 2.45) is 0 Å². The van der Waals surface area contributed by atoms with Gasteiger partial charge < -0.3 is 9.72 Å². The van der Waals surface area contributed by atoms with Crippen molar-refractivity contribution in [1.82, 2.24) is 4.98 Å². The minimum atomic E-state index is 0.883. The molecule has 1 aromatic heterocycles. The lowest BCUT2D eigenvalue weighted by Crippen LogP contribution is -1.82. The Balaban J connectivity index is 2.55. The Hall–Kier alpha value is -1.44. The van der Waals surface area contributed by atoms with Crippen LogP contribution in [0.2, 0.25) is 0 Å². The summed E-state index contributed by atoms with van der Waals surface area (Å²) in [7, 11) is 0. The molecule has 2 heteroatoms. The molecule has 0 aliphatic heterocycles. The number of rotatable bonds is 2. The highest BCUT2D eigenvalue weighted by molar-refractivity contribution is 5.85. The lowest BCUT2D eigenvalue weighted by atomic mass is 10.2. The SMILES string of the molecule is C[CH]Oc1c[nH]c2ccccc12. The number of hydrogen-bond donors (Lipinski definition) is 1. The largest absolute Gasteiger partial charge is 0.485 e. The Morgan fingerprint density at radius 3 is 3.00 bits per heavy atom. The van der Waals surface area contributed by atoms with Crippen LogP contribution in [0.3, 0.4) is 0 Å². The molecule has 0 aliphatic carbocycles. The van der Waals surface area contributed by atoms with Crippen molar-refractivity contribution in [2.45, 2.75) is 6.92 Å². The summed E-state index contributed by atoms with van der Waals surface area (Å²) in [5.74, 6) is 0.883. The Morgan fingerprint density at radius 1 is 1.33 bits per heavy atom. The van der Waals surface area contributed by atoms with E-state index in [-0.39, 0.29) is 0 Å². The van der Waals surface area contributed by atoms with E-state index in [1.54, 1.807) is 6.61 Å². The van der Waals surface area contributed by atoms with Gasteiger partial charge in [0.05, 0.1) is 0 Å². The average Bonchev–Trinajstić information content (AvgIpc) is 2.50. The van der Waals surface area contributed by atoms with Crippen LogP contribution in [0.1, 0.15) is 6.92 Å². The van der Waals surface area contributed by atoms with Crippen molar-refractivity contribution in [3.8, 4) is 5.75 Å². The smallest absolute Gasteiger partial charge is 0.145 e. The van der Waals surface area contributed by atoms with Gasteiger partial charge >= 0.3 is 0 Å². The average molecular weight is 160 g/mol. The third-order valence-corrected chi connectivity index (χ3v) is 1.80. The second-order valence-corrected chi connectivity index (χ2v) is 2.55. The van der Waals surface area contributed by atoms with Gasteiger partial charge in [-0.15, -0.1) is 0 Å². The highest BCUT2D eigenvalue weighted by Crippen LogP contribution is 2.24. The Labute approximate surface area is 71.2 Å². The minimum absolute atomic E-state index is 0.883. The topological polar surface area (TPSA) is 25.0 Å². The molecule has 2 nitrogen and oxygen atoms in total. The number of H-pyrrole nitrogens is 1. The molecule has 0 aliphatic rings. The van der Waals surface area contributed by atoms with Gasteiger partial charge in [-0.25, -0.2) is 0 Å². The summed E-state index contributed by atoms with van der Waals surface area (Å²) in [6.07, 6.45) is 1.87. The molecule has 0 bridgehead atoms. The molecule has 0 atom stereocenters. The predicted molar refractivity (Wildman–Crippen MR) is 48.9 cm³/mol. The number of benzene rings is 1. The zero-order valence-corrected chi connectivity index (χ0v) is 6.87. The molecule has 12 heavy (non-hydrogen) atoms. The van der Waals surface area contributed by atoms with Crippen LogP contribution < -0.4 is 4.74 Å². The first-order valence-corrected chi connectivity index (χ1v) is 3.92. The molecule has 0 fully saturated rings. The lowest BCUT2D eigenvalue weighted by Gasteiger charge is -1.97. The molecule has 1 heterocycles. The van der Waals surface area contributed by atoms with Crippen LogP contribution in [-0.4, -0.2) is 4.98 Å². The summed E-state index contributed by atoms with van der Waals surface area (Å²) in [4.78, 5) is 3.13. The van der Waals surface area contributed by atoms with Crippen LogP contribution in [0.5, 0.6) is 5.75 Å². The van der Waals surface area contributed by atoms with E-state index in [0.29, 0.717) is 0 Å². The normalized spacial score (nSPS) is 10.4. The van der Waals surface area contributed by atoms with Gasteiger partial charge in [0.1, 0.15) is 12.4 Å².